The number of hydrogen-bond acceptors (Lipinski definition) is 4. The van der Waals surface area contributed by atoms with Crippen molar-refractivity contribution in [3.05, 3.63) is 54.4 Å². The maximum Gasteiger partial charge on any atom is 0.356 e. The predicted molar refractivity (Wildman–Crippen MR) is 69.8 cm³/mol. The van der Waals surface area contributed by atoms with Crippen LogP contribution in [0.15, 0.2) is 48.7 Å². The largest absolute Gasteiger partial charge is 0.464 e. The highest BCUT2D eigenvalue weighted by Gasteiger charge is 2.13. The van der Waals surface area contributed by atoms with E-state index in [4.69, 9.17) is 4.74 Å². The number of methoxy groups -OCH3 is 1. The van der Waals surface area contributed by atoms with Crippen molar-refractivity contribution in [3.63, 3.8) is 0 Å². The van der Waals surface area contributed by atoms with Crippen molar-refractivity contribution < 1.29 is 9.53 Å². The van der Waals surface area contributed by atoms with Gasteiger partial charge in [-0.3, -0.25) is 0 Å². The number of hydrogen-bond donors (Lipinski definition) is 0. The number of nitrogens with zero attached hydrogens (tertiary/aromatic N) is 3. The van der Waals surface area contributed by atoms with Gasteiger partial charge in [0.2, 0.25) is 0 Å². The third-order valence-corrected chi connectivity index (χ3v) is 2.82. The molecule has 5 nitrogen and oxygen atoms in total. The first kappa shape index (κ1) is 11.4. The molecule has 0 amide bonds. The van der Waals surface area contributed by atoms with E-state index >= 15 is 0 Å². The third-order valence-electron chi connectivity index (χ3n) is 2.82. The normalized spacial score (nSPS) is 10.6. The van der Waals surface area contributed by atoms with Crippen LogP contribution in [0.3, 0.4) is 0 Å². The van der Waals surface area contributed by atoms with E-state index in [0.717, 1.165) is 11.3 Å². The molecule has 0 aliphatic rings. The summed E-state index contributed by atoms with van der Waals surface area (Å²) in [7, 11) is 1.34. The lowest BCUT2D eigenvalue weighted by molar-refractivity contribution is 0.0594. The van der Waals surface area contributed by atoms with Gasteiger partial charge >= 0.3 is 5.97 Å². The molecule has 0 atom stereocenters. The van der Waals surface area contributed by atoms with E-state index in [-0.39, 0.29) is 5.69 Å². The van der Waals surface area contributed by atoms with Crippen LogP contribution in [-0.4, -0.2) is 27.7 Å². The molecule has 2 heterocycles. The van der Waals surface area contributed by atoms with Crippen LogP contribution in [0.4, 0.5) is 0 Å². The van der Waals surface area contributed by atoms with Crippen LogP contribution in [0.2, 0.25) is 0 Å². The zero-order chi connectivity index (χ0) is 13.2. The molecule has 1 aromatic carbocycles. The number of esters is 1. The van der Waals surface area contributed by atoms with Crippen molar-refractivity contribution >= 4 is 11.6 Å². The van der Waals surface area contributed by atoms with Gasteiger partial charge in [0.05, 0.1) is 19.0 Å². The Labute approximate surface area is 109 Å². The van der Waals surface area contributed by atoms with Crippen molar-refractivity contribution in [2.24, 2.45) is 0 Å². The van der Waals surface area contributed by atoms with Crippen LogP contribution >= 0.6 is 0 Å². The second kappa shape index (κ2) is 4.53. The smallest absolute Gasteiger partial charge is 0.356 e. The summed E-state index contributed by atoms with van der Waals surface area (Å²) in [6.07, 6.45) is 1.65. The molecule has 0 unspecified atom stereocenters. The van der Waals surface area contributed by atoms with Gasteiger partial charge in [0.15, 0.2) is 11.3 Å². The average Bonchev–Trinajstić information content (AvgIpc) is 2.94. The number of carbonyl (C=O) groups is 1. The van der Waals surface area contributed by atoms with Gasteiger partial charge in [-0.1, -0.05) is 30.3 Å². The minimum atomic E-state index is -0.458. The maximum absolute atomic E-state index is 11.6. The fourth-order valence-electron chi connectivity index (χ4n) is 1.94. The highest BCUT2D eigenvalue weighted by molar-refractivity contribution is 5.89. The van der Waals surface area contributed by atoms with Gasteiger partial charge in [0.25, 0.3) is 0 Å². The van der Waals surface area contributed by atoms with Gasteiger partial charge in [-0.15, -0.1) is 0 Å². The van der Waals surface area contributed by atoms with Gasteiger partial charge in [-0.2, -0.15) is 5.10 Å². The number of carbonyl (C=O) groups excluding carboxylic acids is 1. The van der Waals surface area contributed by atoms with E-state index in [0.29, 0.717) is 5.65 Å². The Morgan fingerprint density at radius 1 is 1.21 bits per heavy atom. The zero-order valence-corrected chi connectivity index (χ0v) is 10.3. The number of fused-ring (bicyclic) bond motifs is 1. The Bertz CT molecular complexity index is 735. The summed E-state index contributed by atoms with van der Waals surface area (Å²) in [6.45, 7) is 0. The average molecular weight is 253 g/mol. The molecular weight excluding hydrogens is 242 g/mol. The topological polar surface area (TPSA) is 56.5 Å². The summed E-state index contributed by atoms with van der Waals surface area (Å²) >= 11 is 0. The lowest BCUT2D eigenvalue weighted by Crippen LogP contribution is -2.07. The van der Waals surface area contributed by atoms with E-state index < -0.39 is 5.97 Å². The molecule has 0 fully saturated rings. The van der Waals surface area contributed by atoms with Crippen molar-refractivity contribution in [1.82, 2.24) is 14.6 Å². The summed E-state index contributed by atoms with van der Waals surface area (Å²) in [5, 5.41) is 4.22. The Balaban J connectivity index is 2.27. The van der Waals surface area contributed by atoms with Crippen LogP contribution in [0.25, 0.3) is 16.9 Å². The first-order valence-electron chi connectivity index (χ1n) is 5.78. The van der Waals surface area contributed by atoms with E-state index in [2.05, 4.69) is 10.1 Å². The molecule has 3 rings (SSSR count). The van der Waals surface area contributed by atoms with Crippen LogP contribution < -0.4 is 0 Å². The van der Waals surface area contributed by atoms with Crippen molar-refractivity contribution in [1.29, 1.82) is 0 Å². The van der Waals surface area contributed by atoms with Crippen LogP contribution in [0, 0.1) is 0 Å². The Morgan fingerprint density at radius 3 is 2.74 bits per heavy atom. The summed E-state index contributed by atoms with van der Waals surface area (Å²) < 4.78 is 6.42. The van der Waals surface area contributed by atoms with Crippen molar-refractivity contribution in [3.8, 4) is 11.3 Å². The van der Waals surface area contributed by atoms with Gasteiger partial charge in [0, 0.05) is 11.6 Å². The van der Waals surface area contributed by atoms with Gasteiger partial charge < -0.3 is 4.74 Å². The molecule has 2 aromatic heterocycles. The van der Waals surface area contributed by atoms with Gasteiger partial charge in [-0.05, 0) is 6.07 Å². The fraction of sp³-hybridized carbons (Fsp3) is 0.0714. The molecular formula is C14H11N3O2. The second-order valence-corrected chi connectivity index (χ2v) is 3.99. The summed E-state index contributed by atoms with van der Waals surface area (Å²) in [5.41, 5.74) is 2.65. The second-order valence-electron chi connectivity index (χ2n) is 3.99. The summed E-state index contributed by atoms with van der Waals surface area (Å²) in [5.74, 6) is -0.458. The van der Waals surface area contributed by atoms with Crippen LogP contribution in [0.5, 0.6) is 0 Å². The van der Waals surface area contributed by atoms with Crippen LogP contribution in [-0.2, 0) is 4.74 Å². The predicted octanol–water partition coefficient (Wildman–Crippen LogP) is 2.18. The van der Waals surface area contributed by atoms with Gasteiger partial charge in [-0.25, -0.2) is 14.3 Å². The minimum absolute atomic E-state index is 0.273. The first-order chi connectivity index (χ1) is 9.29. The quantitative estimate of drug-likeness (QED) is 0.657. The lowest BCUT2D eigenvalue weighted by atomic mass is 10.1. The SMILES string of the molecule is COC(=O)c1cc(-c2ccccc2)n2nccc2n1. The fourth-order valence-corrected chi connectivity index (χ4v) is 1.94. The summed E-state index contributed by atoms with van der Waals surface area (Å²) in [6, 6.07) is 13.1. The molecule has 94 valence electrons. The zero-order valence-electron chi connectivity index (χ0n) is 10.3. The van der Waals surface area contributed by atoms with Crippen LogP contribution in [0.1, 0.15) is 10.5 Å². The molecule has 0 saturated heterocycles. The Morgan fingerprint density at radius 2 is 2.00 bits per heavy atom. The van der Waals surface area contributed by atoms with E-state index in [1.165, 1.54) is 7.11 Å². The van der Waals surface area contributed by atoms with Crippen molar-refractivity contribution in [2.45, 2.75) is 0 Å². The molecule has 0 spiro atoms. The van der Waals surface area contributed by atoms with Gasteiger partial charge in [0.1, 0.15) is 0 Å². The third kappa shape index (κ3) is 1.95. The number of rotatable bonds is 2. The molecule has 0 aliphatic heterocycles. The maximum atomic E-state index is 11.6. The first-order valence-corrected chi connectivity index (χ1v) is 5.78. The molecule has 0 N–H and O–H groups in total. The van der Waals surface area contributed by atoms with Crippen molar-refractivity contribution in [2.75, 3.05) is 7.11 Å². The Hall–Kier alpha value is -2.69. The number of benzene rings is 1. The van der Waals surface area contributed by atoms with E-state index in [1.807, 2.05) is 30.3 Å². The molecule has 19 heavy (non-hydrogen) atoms. The lowest BCUT2D eigenvalue weighted by Gasteiger charge is -2.07. The molecule has 0 radical (unpaired) electrons. The number of aromatic nitrogens is 3. The standard InChI is InChI=1S/C14H11N3O2/c1-19-14(18)11-9-12(10-5-3-2-4-6-10)17-13(16-11)7-8-15-17/h2-9H,1H3. The summed E-state index contributed by atoms with van der Waals surface area (Å²) in [4.78, 5) is 15.9. The molecule has 0 aliphatic carbocycles. The molecule has 5 heteroatoms. The number of ether oxygens (including phenoxy) is 1. The highest BCUT2D eigenvalue weighted by Crippen LogP contribution is 2.20. The van der Waals surface area contributed by atoms with E-state index in [1.54, 1.807) is 22.8 Å². The highest BCUT2D eigenvalue weighted by atomic mass is 16.5. The monoisotopic (exact) mass is 253 g/mol. The Kier molecular flexibility index (Phi) is 2.72. The molecule has 0 saturated carbocycles. The van der Waals surface area contributed by atoms with E-state index in [9.17, 15) is 4.79 Å². The minimum Gasteiger partial charge on any atom is -0.464 e. The molecule has 0 bridgehead atoms. The molecule has 3 aromatic rings.